The van der Waals surface area contributed by atoms with Crippen molar-refractivity contribution in [3.05, 3.63) is 65.6 Å². The van der Waals surface area contributed by atoms with Gasteiger partial charge >= 0.3 is 0 Å². The fourth-order valence-electron chi connectivity index (χ4n) is 3.30. The molecule has 34 heavy (non-hydrogen) atoms. The number of benzene rings is 2. The Kier molecular flexibility index (Phi) is 9.99. The molecule has 0 bridgehead atoms. The average molecular weight is 473 g/mol. The first kappa shape index (κ1) is 25.3. The van der Waals surface area contributed by atoms with Gasteiger partial charge in [0.25, 0.3) is 6.02 Å². The standard InChI is InChI=1S/C25H33FN4O4/c1-30(25(31-2)28-11-3-10-27)22-6-4-20(5-7-22)18-33-23-14-21(26)15-24(16-23)34-29-17-19-8-12-32-13-9-19/h4-7,14-17,29H,3,8-13,18,27H2,1-2H3. The number of amidine groups is 1. The lowest BCUT2D eigenvalue weighted by atomic mass is 10.1. The predicted octanol–water partition coefficient (Wildman–Crippen LogP) is 3.77. The van der Waals surface area contributed by atoms with Crippen LogP contribution in [0.3, 0.4) is 0 Å². The molecule has 0 amide bonds. The first-order chi connectivity index (χ1) is 16.6. The molecule has 0 radical (unpaired) electrons. The van der Waals surface area contributed by atoms with Gasteiger partial charge in [0.2, 0.25) is 0 Å². The van der Waals surface area contributed by atoms with Crippen LogP contribution in [0.15, 0.2) is 59.2 Å². The maximum atomic E-state index is 14.0. The van der Waals surface area contributed by atoms with Crippen molar-refractivity contribution in [2.24, 2.45) is 10.7 Å². The second-order valence-electron chi connectivity index (χ2n) is 7.78. The molecule has 0 unspecified atom stereocenters. The molecule has 1 fully saturated rings. The number of ether oxygens (including phenoxy) is 3. The van der Waals surface area contributed by atoms with E-state index in [0.717, 1.165) is 30.5 Å². The molecular formula is C25H33FN4O4. The summed E-state index contributed by atoms with van der Waals surface area (Å²) in [7, 11) is 3.48. The normalized spacial score (nSPS) is 13.9. The zero-order valence-corrected chi connectivity index (χ0v) is 19.8. The first-order valence-corrected chi connectivity index (χ1v) is 11.3. The summed E-state index contributed by atoms with van der Waals surface area (Å²) in [6, 6.07) is 12.6. The third-order valence-electron chi connectivity index (χ3n) is 5.23. The SMILES string of the molecule is COC(=NCCCN)N(C)c1ccc(COc2cc(F)cc(ONC=C3CCOCC3)c2)cc1. The van der Waals surface area contributed by atoms with Gasteiger partial charge < -0.3 is 24.8 Å². The number of rotatable bonds is 10. The fraction of sp³-hybridized carbons (Fsp3) is 0.400. The van der Waals surface area contributed by atoms with Crippen LogP contribution in [0, 0.1) is 5.82 Å². The van der Waals surface area contributed by atoms with E-state index in [1.54, 1.807) is 19.4 Å². The van der Waals surface area contributed by atoms with Crippen molar-refractivity contribution < 1.29 is 23.4 Å². The van der Waals surface area contributed by atoms with Crippen LogP contribution in [0.4, 0.5) is 10.1 Å². The molecule has 0 aliphatic carbocycles. The molecule has 3 N–H and O–H groups in total. The summed E-state index contributed by atoms with van der Waals surface area (Å²) in [4.78, 5) is 11.8. The second-order valence-corrected chi connectivity index (χ2v) is 7.78. The molecule has 2 aromatic rings. The predicted molar refractivity (Wildman–Crippen MR) is 130 cm³/mol. The highest BCUT2D eigenvalue weighted by molar-refractivity contribution is 5.91. The maximum absolute atomic E-state index is 14.0. The lowest BCUT2D eigenvalue weighted by Crippen LogP contribution is -2.28. The van der Waals surface area contributed by atoms with E-state index >= 15 is 0 Å². The average Bonchev–Trinajstić information content (AvgIpc) is 2.86. The molecule has 1 aliphatic rings. The smallest absolute Gasteiger partial charge is 0.291 e. The Morgan fingerprint density at radius 3 is 2.62 bits per heavy atom. The largest absolute Gasteiger partial charge is 0.489 e. The summed E-state index contributed by atoms with van der Waals surface area (Å²) in [6.45, 7) is 2.89. The number of methoxy groups -OCH3 is 1. The zero-order valence-electron chi connectivity index (χ0n) is 19.8. The minimum absolute atomic E-state index is 0.284. The minimum Gasteiger partial charge on any atom is -0.489 e. The molecule has 8 nitrogen and oxygen atoms in total. The van der Waals surface area contributed by atoms with Crippen LogP contribution in [-0.2, 0) is 16.1 Å². The van der Waals surface area contributed by atoms with Crippen molar-refractivity contribution in [3.63, 3.8) is 0 Å². The van der Waals surface area contributed by atoms with Crippen molar-refractivity contribution >= 4 is 11.7 Å². The highest BCUT2D eigenvalue weighted by Crippen LogP contribution is 2.23. The van der Waals surface area contributed by atoms with Crippen LogP contribution in [0.25, 0.3) is 0 Å². The van der Waals surface area contributed by atoms with Crippen LogP contribution in [0.5, 0.6) is 11.5 Å². The van der Waals surface area contributed by atoms with Gasteiger partial charge in [0.05, 0.1) is 20.3 Å². The van der Waals surface area contributed by atoms with Gasteiger partial charge in [-0.1, -0.05) is 12.1 Å². The van der Waals surface area contributed by atoms with E-state index in [0.29, 0.717) is 43.8 Å². The topological polar surface area (TPSA) is 90.6 Å². The van der Waals surface area contributed by atoms with Gasteiger partial charge in [-0.15, -0.1) is 0 Å². The Balaban J connectivity index is 1.55. The highest BCUT2D eigenvalue weighted by Gasteiger charge is 2.10. The van der Waals surface area contributed by atoms with Gasteiger partial charge in [0.1, 0.15) is 18.2 Å². The Morgan fingerprint density at radius 2 is 1.91 bits per heavy atom. The summed E-state index contributed by atoms with van der Waals surface area (Å²) < 4.78 is 30.5. The maximum Gasteiger partial charge on any atom is 0.291 e. The van der Waals surface area contributed by atoms with E-state index in [1.807, 2.05) is 36.2 Å². The van der Waals surface area contributed by atoms with Gasteiger partial charge in [-0.2, -0.15) is 0 Å². The van der Waals surface area contributed by atoms with Crippen molar-refractivity contribution in [1.82, 2.24) is 5.48 Å². The van der Waals surface area contributed by atoms with Crippen molar-refractivity contribution in [3.8, 4) is 11.5 Å². The summed E-state index contributed by atoms with van der Waals surface area (Å²) in [5.41, 5.74) is 11.4. The molecule has 1 aliphatic heterocycles. The Bertz CT molecular complexity index is 958. The molecule has 0 saturated carbocycles. The van der Waals surface area contributed by atoms with Gasteiger partial charge in [0, 0.05) is 43.7 Å². The summed E-state index contributed by atoms with van der Waals surface area (Å²) >= 11 is 0. The monoisotopic (exact) mass is 472 g/mol. The number of nitrogens with one attached hydrogen (secondary N) is 1. The highest BCUT2D eigenvalue weighted by atomic mass is 19.1. The van der Waals surface area contributed by atoms with Crippen LogP contribution < -0.4 is 25.7 Å². The van der Waals surface area contributed by atoms with E-state index in [-0.39, 0.29) is 6.61 Å². The zero-order chi connectivity index (χ0) is 24.2. The van der Waals surface area contributed by atoms with Gasteiger partial charge in [0.15, 0.2) is 5.75 Å². The molecule has 0 atom stereocenters. The van der Waals surface area contributed by atoms with Crippen LogP contribution in [-0.4, -0.2) is 46.5 Å². The number of hydrogen-bond acceptors (Lipinski definition) is 7. The first-order valence-electron chi connectivity index (χ1n) is 11.3. The van der Waals surface area contributed by atoms with E-state index in [4.69, 9.17) is 24.8 Å². The van der Waals surface area contributed by atoms with E-state index in [1.165, 1.54) is 17.7 Å². The van der Waals surface area contributed by atoms with Gasteiger partial charge in [-0.3, -0.25) is 4.90 Å². The van der Waals surface area contributed by atoms with Gasteiger partial charge in [-0.05, 0) is 49.1 Å². The van der Waals surface area contributed by atoms with Crippen molar-refractivity contribution in [2.75, 3.05) is 45.4 Å². The Morgan fingerprint density at radius 1 is 1.18 bits per heavy atom. The third-order valence-corrected chi connectivity index (χ3v) is 5.23. The van der Waals surface area contributed by atoms with E-state index in [2.05, 4.69) is 10.5 Å². The number of anilines is 1. The lowest BCUT2D eigenvalue weighted by Gasteiger charge is -2.20. The number of aliphatic imine (C=N–C) groups is 1. The number of nitrogens with two attached hydrogens (primary N) is 1. The van der Waals surface area contributed by atoms with Crippen molar-refractivity contribution in [2.45, 2.75) is 25.9 Å². The molecule has 184 valence electrons. The number of hydroxylamine groups is 1. The Labute approximate surface area is 200 Å². The van der Waals surface area contributed by atoms with Crippen LogP contribution in [0.1, 0.15) is 24.8 Å². The van der Waals surface area contributed by atoms with Gasteiger partial charge in [-0.25, -0.2) is 14.9 Å². The lowest BCUT2D eigenvalue weighted by molar-refractivity contribution is 0.117. The number of nitrogens with zero attached hydrogens (tertiary/aromatic N) is 2. The van der Waals surface area contributed by atoms with E-state index < -0.39 is 5.82 Å². The van der Waals surface area contributed by atoms with Crippen LogP contribution >= 0.6 is 0 Å². The molecule has 0 aromatic heterocycles. The molecule has 1 heterocycles. The van der Waals surface area contributed by atoms with E-state index in [9.17, 15) is 4.39 Å². The molecule has 1 saturated heterocycles. The minimum atomic E-state index is -0.439. The second kappa shape index (κ2) is 13.4. The number of hydrogen-bond donors (Lipinski definition) is 2. The third kappa shape index (κ3) is 7.93. The number of halogens is 1. The summed E-state index contributed by atoms with van der Waals surface area (Å²) in [5, 5.41) is 0. The Hall–Kier alpha value is -3.30. The van der Waals surface area contributed by atoms with Crippen molar-refractivity contribution in [1.29, 1.82) is 0 Å². The molecule has 3 rings (SSSR count). The summed E-state index contributed by atoms with van der Waals surface area (Å²) in [6.07, 6.45) is 4.31. The molecule has 0 spiro atoms. The summed E-state index contributed by atoms with van der Waals surface area (Å²) in [5.74, 6) is 0.272. The molecular weight excluding hydrogens is 439 g/mol. The quantitative estimate of drug-likeness (QED) is 0.235. The molecule has 9 heteroatoms. The molecule has 2 aromatic carbocycles. The fourth-order valence-corrected chi connectivity index (χ4v) is 3.30. The van der Waals surface area contributed by atoms with Crippen LogP contribution in [0.2, 0.25) is 0 Å².